The van der Waals surface area contributed by atoms with E-state index in [-0.39, 0.29) is 18.6 Å². The predicted octanol–water partition coefficient (Wildman–Crippen LogP) is 3.19. The van der Waals surface area contributed by atoms with Crippen molar-refractivity contribution in [2.24, 2.45) is 5.92 Å². The highest BCUT2D eigenvalue weighted by atomic mass is 35.5. The number of benzene rings is 1. The van der Waals surface area contributed by atoms with E-state index in [4.69, 9.17) is 26.3 Å². The summed E-state index contributed by atoms with van der Waals surface area (Å²) in [5.74, 6) is 1.84. The van der Waals surface area contributed by atoms with E-state index in [0.29, 0.717) is 27.8 Å². The Bertz CT molecular complexity index is 902. The summed E-state index contributed by atoms with van der Waals surface area (Å²) in [6.45, 7) is 1.61. The van der Waals surface area contributed by atoms with Crippen molar-refractivity contribution in [3.63, 3.8) is 0 Å². The molecule has 1 aromatic heterocycles. The Balaban J connectivity index is 1.37. The number of nitrogens with zero attached hydrogens (tertiary/aromatic N) is 3. The van der Waals surface area contributed by atoms with Crippen molar-refractivity contribution in [3.05, 3.63) is 41.0 Å². The molecule has 1 N–H and O–H groups in total. The van der Waals surface area contributed by atoms with E-state index in [2.05, 4.69) is 21.3 Å². The van der Waals surface area contributed by atoms with Crippen LogP contribution in [0.2, 0.25) is 5.02 Å². The molecular formula is C19H17ClN4O3. The van der Waals surface area contributed by atoms with Crippen LogP contribution in [0.5, 0.6) is 11.5 Å². The van der Waals surface area contributed by atoms with Crippen molar-refractivity contribution in [2.45, 2.75) is 12.8 Å². The van der Waals surface area contributed by atoms with Crippen LogP contribution in [-0.4, -0.2) is 30.8 Å². The van der Waals surface area contributed by atoms with E-state index in [1.165, 1.54) is 0 Å². The lowest BCUT2D eigenvalue weighted by Gasteiger charge is -2.32. The summed E-state index contributed by atoms with van der Waals surface area (Å²) in [5.41, 5.74) is 1.07. The number of nitrogens with one attached hydrogen (secondary N) is 1. The van der Waals surface area contributed by atoms with Crippen LogP contribution in [0.15, 0.2) is 30.5 Å². The van der Waals surface area contributed by atoms with E-state index in [9.17, 15) is 4.79 Å². The normalized spacial score (nSPS) is 16.1. The molecule has 138 valence electrons. The molecule has 8 heteroatoms. The van der Waals surface area contributed by atoms with E-state index >= 15 is 0 Å². The first-order chi connectivity index (χ1) is 13.1. The summed E-state index contributed by atoms with van der Waals surface area (Å²) in [4.78, 5) is 19.1. The first kappa shape index (κ1) is 17.4. The summed E-state index contributed by atoms with van der Waals surface area (Å²) in [6, 6.07) is 9.00. The quantitative estimate of drug-likeness (QED) is 0.874. The Morgan fingerprint density at radius 3 is 2.67 bits per heavy atom. The third-order valence-corrected chi connectivity index (χ3v) is 5.10. The minimum absolute atomic E-state index is 0.0526. The van der Waals surface area contributed by atoms with Gasteiger partial charge in [-0.1, -0.05) is 11.6 Å². The molecule has 1 saturated heterocycles. The Morgan fingerprint density at radius 2 is 2.00 bits per heavy atom. The lowest BCUT2D eigenvalue weighted by atomic mass is 9.95. The van der Waals surface area contributed by atoms with Gasteiger partial charge in [0.05, 0.1) is 16.3 Å². The van der Waals surface area contributed by atoms with Crippen molar-refractivity contribution in [1.29, 1.82) is 5.26 Å². The lowest BCUT2D eigenvalue weighted by Crippen LogP contribution is -2.38. The number of fused-ring (bicyclic) bond motifs is 1. The fraction of sp³-hybridized carbons (Fsp3) is 0.316. The SMILES string of the molecule is N#Cc1ccc(N2CCC(C(=O)Nc3cc4c(cc3Cl)OCO4)CC2)nc1. The largest absolute Gasteiger partial charge is 0.454 e. The maximum absolute atomic E-state index is 12.6. The van der Waals surface area contributed by atoms with Crippen LogP contribution in [0.25, 0.3) is 0 Å². The first-order valence-electron chi connectivity index (χ1n) is 8.65. The second-order valence-electron chi connectivity index (χ2n) is 6.45. The molecule has 2 aliphatic heterocycles. The van der Waals surface area contributed by atoms with Crippen molar-refractivity contribution in [2.75, 3.05) is 30.1 Å². The molecule has 7 nitrogen and oxygen atoms in total. The second kappa shape index (κ2) is 7.33. The zero-order valence-corrected chi connectivity index (χ0v) is 15.2. The predicted molar refractivity (Wildman–Crippen MR) is 100 cm³/mol. The topological polar surface area (TPSA) is 87.5 Å². The summed E-state index contributed by atoms with van der Waals surface area (Å²) >= 11 is 6.23. The van der Waals surface area contributed by atoms with Gasteiger partial charge in [0, 0.05) is 37.3 Å². The van der Waals surface area contributed by atoms with Crippen molar-refractivity contribution in [3.8, 4) is 17.6 Å². The van der Waals surface area contributed by atoms with Crippen LogP contribution in [0.4, 0.5) is 11.5 Å². The van der Waals surface area contributed by atoms with E-state index < -0.39 is 0 Å². The zero-order chi connectivity index (χ0) is 18.8. The van der Waals surface area contributed by atoms with Crippen LogP contribution < -0.4 is 19.7 Å². The molecule has 0 atom stereocenters. The average Bonchev–Trinajstić information content (AvgIpc) is 3.15. The molecule has 0 bridgehead atoms. The zero-order valence-electron chi connectivity index (χ0n) is 14.4. The van der Waals surface area contributed by atoms with Crippen LogP contribution >= 0.6 is 11.6 Å². The molecule has 2 aliphatic rings. The van der Waals surface area contributed by atoms with E-state index in [0.717, 1.165) is 31.7 Å². The van der Waals surface area contributed by atoms with Gasteiger partial charge in [-0.25, -0.2) is 4.98 Å². The van der Waals surface area contributed by atoms with Gasteiger partial charge in [0.2, 0.25) is 12.7 Å². The third-order valence-electron chi connectivity index (χ3n) is 4.79. The van der Waals surface area contributed by atoms with Crippen molar-refractivity contribution in [1.82, 2.24) is 4.98 Å². The van der Waals surface area contributed by atoms with Crippen LogP contribution in [0.1, 0.15) is 18.4 Å². The summed E-state index contributed by atoms with van der Waals surface area (Å²) < 4.78 is 10.6. The molecule has 27 heavy (non-hydrogen) atoms. The van der Waals surface area contributed by atoms with Gasteiger partial charge in [-0.3, -0.25) is 4.79 Å². The molecule has 0 radical (unpaired) electrons. The Kier molecular flexibility index (Phi) is 4.73. The fourth-order valence-electron chi connectivity index (χ4n) is 3.26. The first-order valence-corrected chi connectivity index (χ1v) is 9.03. The maximum Gasteiger partial charge on any atom is 0.231 e. The van der Waals surface area contributed by atoms with Gasteiger partial charge in [-0.15, -0.1) is 0 Å². The number of piperidine rings is 1. The summed E-state index contributed by atoms with van der Waals surface area (Å²) in [5, 5.41) is 12.2. The van der Waals surface area contributed by atoms with Crippen molar-refractivity contribution >= 4 is 29.0 Å². The van der Waals surface area contributed by atoms with Crippen LogP contribution in [0, 0.1) is 17.2 Å². The molecule has 0 saturated carbocycles. The molecule has 1 aromatic carbocycles. The lowest BCUT2D eigenvalue weighted by molar-refractivity contribution is -0.120. The number of nitriles is 1. The number of rotatable bonds is 3. The van der Waals surface area contributed by atoms with Crippen molar-refractivity contribution < 1.29 is 14.3 Å². The highest BCUT2D eigenvalue weighted by Crippen LogP contribution is 2.39. The number of pyridine rings is 1. The Hall–Kier alpha value is -2.98. The van der Waals surface area contributed by atoms with Gasteiger partial charge in [-0.05, 0) is 25.0 Å². The fourth-order valence-corrected chi connectivity index (χ4v) is 3.46. The third kappa shape index (κ3) is 3.62. The summed E-state index contributed by atoms with van der Waals surface area (Å²) in [7, 11) is 0. The number of carbonyl (C=O) groups is 1. The molecule has 2 aromatic rings. The maximum atomic E-state index is 12.6. The van der Waals surface area contributed by atoms with E-state index in [1.807, 2.05) is 6.07 Å². The summed E-state index contributed by atoms with van der Waals surface area (Å²) in [6.07, 6.45) is 3.00. The molecule has 1 amide bonds. The van der Waals surface area contributed by atoms with Gasteiger partial charge < -0.3 is 19.7 Å². The van der Waals surface area contributed by atoms with Gasteiger partial charge in [0.1, 0.15) is 11.9 Å². The molecule has 0 spiro atoms. The Labute approximate surface area is 161 Å². The Morgan fingerprint density at radius 1 is 1.26 bits per heavy atom. The standard InChI is InChI=1S/C19H17ClN4O3/c20-14-7-16-17(27-11-26-16)8-15(14)23-19(25)13-3-5-24(6-4-13)18-2-1-12(9-21)10-22-18/h1-2,7-8,10,13H,3-6,11H2,(H,23,25). The second-order valence-corrected chi connectivity index (χ2v) is 6.86. The molecule has 3 heterocycles. The number of halogens is 1. The van der Waals surface area contributed by atoms with Gasteiger partial charge in [0.25, 0.3) is 0 Å². The number of amides is 1. The monoisotopic (exact) mass is 384 g/mol. The average molecular weight is 385 g/mol. The minimum atomic E-state index is -0.0962. The number of aromatic nitrogens is 1. The van der Waals surface area contributed by atoms with E-state index in [1.54, 1.807) is 24.4 Å². The molecular weight excluding hydrogens is 368 g/mol. The van der Waals surface area contributed by atoms with Crippen LogP contribution in [0.3, 0.4) is 0 Å². The number of ether oxygens (including phenoxy) is 2. The van der Waals surface area contributed by atoms with Crippen LogP contribution in [-0.2, 0) is 4.79 Å². The number of hydrogen-bond acceptors (Lipinski definition) is 6. The molecule has 0 aliphatic carbocycles. The van der Waals surface area contributed by atoms with Gasteiger partial charge >= 0.3 is 0 Å². The number of anilines is 2. The highest BCUT2D eigenvalue weighted by Gasteiger charge is 2.27. The number of carbonyl (C=O) groups excluding carboxylic acids is 1. The van der Waals surface area contributed by atoms with Gasteiger partial charge in [0.15, 0.2) is 11.5 Å². The molecule has 4 rings (SSSR count). The molecule has 1 fully saturated rings. The number of hydrogen-bond donors (Lipinski definition) is 1. The smallest absolute Gasteiger partial charge is 0.231 e. The van der Waals surface area contributed by atoms with Gasteiger partial charge in [-0.2, -0.15) is 5.26 Å². The molecule has 0 unspecified atom stereocenters. The highest BCUT2D eigenvalue weighted by molar-refractivity contribution is 6.34. The minimum Gasteiger partial charge on any atom is -0.454 e.